The molecule has 0 aromatic rings. The van der Waals surface area contributed by atoms with Gasteiger partial charge in [0.15, 0.2) is 12.6 Å². The summed E-state index contributed by atoms with van der Waals surface area (Å²) < 4.78 is 35.5. The van der Waals surface area contributed by atoms with E-state index in [2.05, 4.69) is 29.8 Å². The predicted molar refractivity (Wildman–Crippen MR) is 292 cm³/mol. The standard InChI is InChI=1S/C57H105N3O19/c1-5-7-9-11-12-13-14-15-16-17-18-19-20-21-22-23-24-25-26-27-29-31-46(67)60-40(30-28-10-8-6-2)36-74-54-48(59-39(4)64)50(69)53(44(35-62)76-54)78-55-52(71)51(70)49(68)45(77-55)37-75-57(56(72)73)33-42(66)47(58-38(3)63)43(79-57)32-41(65)34-61/h40-45,47-55,61-62,65-66,68-71H,5-37H2,1-4H3,(H,58,63)(H,59,64)(H,60,67)(H,72,73)/t40?,41-,42+,43?,44?,45?,47+,48-,49-,50?,51?,52-,53+,54+,55-,57+/m0/s1. The number of carbonyl (C=O) groups excluding carboxylic acids is 3. The van der Waals surface area contributed by atoms with E-state index in [0.717, 1.165) is 58.3 Å². The van der Waals surface area contributed by atoms with E-state index in [9.17, 15) is 65.1 Å². The van der Waals surface area contributed by atoms with Gasteiger partial charge in [-0.05, 0) is 12.8 Å². The molecular weight excluding hydrogens is 1030 g/mol. The number of aliphatic carboxylic acids is 1. The van der Waals surface area contributed by atoms with Gasteiger partial charge in [-0.3, -0.25) is 14.4 Å². The van der Waals surface area contributed by atoms with Crippen LogP contribution in [0.5, 0.6) is 0 Å². The lowest BCUT2D eigenvalue weighted by Crippen LogP contribution is -2.68. The van der Waals surface area contributed by atoms with Crippen LogP contribution < -0.4 is 16.0 Å². The van der Waals surface area contributed by atoms with Crippen LogP contribution in [0.2, 0.25) is 0 Å². The second kappa shape index (κ2) is 39.7. The van der Waals surface area contributed by atoms with Crippen LogP contribution in [0.1, 0.15) is 214 Å². The highest BCUT2D eigenvalue weighted by atomic mass is 16.8. The lowest BCUT2D eigenvalue weighted by molar-refractivity contribution is -0.358. The summed E-state index contributed by atoms with van der Waals surface area (Å²) in [6.07, 6.45) is 10.1. The number of aliphatic hydroxyl groups is 8. The molecule has 3 rings (SSSR count). The molecule has 0 aromatic carbocycles. The molecule has 12 N–H and O–H groups in total. The maximum Gasteiger partial charge on any atom is 0.364 e. The Morgan fingerprint density at radius 2 is 1.10 bits per heavy atom. The molecule has 79 heavy (non-hydrogen) atoms. The first-order valence-electron chi connectivity index (χ1n) is 30.2. The highest BCUT2D eigenvalue weighted by molar-refractivity contribution is 5.77. The van der Waals surface area contributed by atoms with Crippen LogP contribution >= 0.6 is 0 Å². The summed E-state index contributed by atoms with van der Waals surface area (Å²) in [6, 6.07) is -3.02. The third-order valence-corrected chi connectivity index (χ3v) is 15.4. The Kier molecular flexibility index (Phi) is 35.5. The number of unbranched alkanes of at least 4 members (excludes halogenated alkanes) is 23. The van der Waals surface area contributed by atoms with Gasteiger partial charge in [0.1, 0.15) is 48.8 Å². The van der Waals surface area contributed by atoms with Crippen molar-refractivity contribution in [2.45, 2.75) is 311 Å². The number of carbonyl (C=O) groups is 4. The third-order valence-electron chi connectivity index (χ3n) is 15.4. The molecule has 0 aliphatic carbocycles. The van der Waals surface area contributed by atoms with Crippen LogP contribution in [-0.2, 0) is 47.6 Å². The maximum absolute atomic E-state index is 13.3. The Balaban J connectivity index is 1.52. The van der Waals surface area contributed by atoms with Crippen molar-refractivity contribution in [3.8, 4) is 0 Å². The summed E-state index contributed by atoms with van der Waals surface area (Å²) in [6.45, 7) is 4.19. The van der Waals surface area contributed by atoms with E-state index < -0.39 is 148 Å². The Labute approximate surface area is 469 Å². The van der Waals surface area contributed by atoms with Crippen molar-refractivity contribution < 1.29 is 93.6 Å². The number of aliphatic hydroxyl groups excluding tert-OH is 8. The van der Waals surface area contributed by atoms with Crippen molar-refractivity contribution in [2.75, 3.05) is 26.4 Å². The third kappa shape index (κ3) is 25.8. The summed E-state index contributed by atoms with van der Waals surface area (Å²) in [4.78, 5) is 50.5. The van der Waals surface area contributed by atoms with Gasteiger partial charge in [0.25, 0.3) is 5.79 Å². The van der Waals surface area contributed by atoms with Crippen molar-refractivity contribution >= 4 is 23.7 Å². The molecule has 3 aliphatic rings. The number of ether oxygens (including phenoxy) is 6. The van der Waals surface area contributed by atoms with Gasteiger partial charge in [0, 0.05) is 33.1 Å². The van der Waals surface area contributed by atoms with E-state index in [4.69, 9.17) is 28.4 Å². The smallest absolute Gasteiger partial charge is 0.364 e. The monoisotopic (exact) mass is 1140 g/mol. The molecule has 0 aromatic heterocycles. The molecule has 3 fully saturated rings. The Morgan fingerprint density at radius 1 is 0.608 bits per heavy atom. The summed E-state index contributed by atoms with van der Waals surface area (Å²) >= 11 is 0. The normalized spacial score (nSPS) is 29.9. The summed E-state index contributed by atoms with van der Waals surface area (Å²) in [7, 11) is 0. The van der Waals surface area contributed by atoms with E-state index >= 15 is 0 Å². The van der Waals surface area contributed by atoms with Gasteiger partial charge in [0.2, 0.25) is 17.7 Å². The average Bonchev–Trinajstić information content (AvgIpc) is 3.45. The molecule has 0 spiro atoms. The largest absolute Gasteiger partial charge is 0.477 e. The zero-order valence-corrected chi connectivity index (χ0v) is 48.1. The second-order valence-corrected chi connectivity index (χ2v) is 22.4. The first-order chi connectivity index (χ1) is 37.9. The number of amides is 3. The first-order valence-corrected chi connectivity index (χ1v) is 30.2. The summed E-state index contributed by atoms with van der Waals surface area (Å²) in [5.41, 5.74) is 0. The quantitative estimate of drug-likeness (QED) is 0.0383. The van der Waals surface area contributed by atoms with Crippen molar-refractivity contribution in [1.29, 1.82) is 0 Å². The molecule has 22 heteroatoms. The van der Waals surface area contributed by atoms with Crippen LogP contribution in [0.4, 0.5) is 0 Å². The lowest BCUT2D eigenvalue weighted by Gasteiger charge is -2.48. The molecule has 0 saturated carbocycles. The van der Waals surface area contributed by atoms with E-state index in [1.54, 1.807) is 0 Å². The van der Waals surface area contributed by atoms with Crippen LogP contribution in [0.3, 0.4) is 0 Å². The molecule has 3 aliphatic heterocycles. The predicted octanol–water partition coefficient (Wildman–Crippen LogP) is 4.03. The maximum atomic E-state index is 13.3. The van der Waals surface area contributed by atoms with Crippen molar-refractivity contribution in [3.05, 3.63) is 0 Å². The SMILES string of the molecule is CCCCCCCCCCCCCCCCCCCCCCCC(=O)NC(CCCCCC)CO[C@@H]1OC(CO)[C@@H](O[C@@H]2OC(CO[C@]3(C(=O)O)C[C@@H](O)[C@@H](NC(C)=O)C(C[C@H](O)CO)O3)[C@H](O)C(O)[C@@H]2O)C(O)[C@@H]1NC(C)=O. The lowest BCUT2D eigenvalue weighted by atomic mass is 9.90. The van der Waals surface area contributed by atoms with Crippen LogP contribution in [0, 0.1) is 0 Å². The van der Waals surface area contributed by atoms with Gasteiger partial charge < -0.3 is 90.3 Å². The molecule has 3 amide bonds. The molecule has 0 bridgehead atoms. The number of rotatable bonds is 43. The van der Waals surface area contributed by atoms with Crippen LogP contribution in [-0.4, -0.2) is 194 Å². The molecule has 462 valence electrons. The molecule has 0 radical (unpaired) electrons. The zero-order valence-electron chi connectivity index (χ0n) is 48.1. The minimum atomic E-state index is -2.69. The van der Waals surface area contributed by atoms with Gasteiger partial charge in [-0.25, -0.2) is 4.79 Å². The van der Waals surface area contributed by atoms with Crippen LogP contribution in [0.25, 0.3) is 0 Å². The zero-order chi connectivity index (χ0) is 58.2. The van der Waals surface area contributed by atoms with Crippen LogP contribution in [0.15, 0.2) is 0 Å². The number of hydrogen-bond donors (Lipinski definition) is 12. The number of carboxylic acid groups (broad SMARTS) is 1. The minimum absolute atomic E-state index is 0.0697. The molecule has 3 heterocycles. The fourth-order valence-corrected chi connectivity index (χ4v) is 10.8. The number of nitrogens with one attached hydrogen (secondary N) is 3. The first kappa shape index (κ1) is 70.6. The van der Waals surface area contributed by atoms with Gasteiger partial charge >= 0.3 is 5.97 Å². The Morgan fingerprint density at radius 3 is 1.59 bits per heavy atom. The minimum Gasteiger partial charge on any atom is -0.477 e. The van der Waals surface area contributed by atoms with Crippen molar-refractivity contribution in [3.63, 3.8) is 0 Å². The van der Waals surface area contributed by atoms with E-state index in [-0.39, 0.29) is 12.5 Å². The van der Waals surface area contributed by atoms with Gasteiger partial charge in [-0.2, -0.15) is 0 Å². The average molecular weight is 1140 g/mol. The topological polar surface area (TPSA) is 342 Å². The summed E-state index contributed by atoms with van der Waals surface area (Å²) in [5, 5.41) is 104. The van der Waals surface area contributed by atoms with E-state index in [1.165, 1.54) is 116 Å². The fourth-order valence-electron chi connectivity index (χ4n) is 10.8. The van der Waals surface area contributed by atoms with Crippen molar-refractivity contribution in [2.24, 2.45) is 0 Å². The molecule has 6 unspecified atom stereocenters. The second-order valence-electron chi connectivity index (χ2n) is 22.4. The van der Waals surface area contributed by atoms with E-state index in [0.29, 0.717) is 12.8 Å². The van der Waals surface area contributed by atoms with E-state index in [1.807, 2.05) is 0 Å². The molecule has 22 nitrogen and oxygen atoms in total. The van der Waals surface area contributed by atoms with Gasteiger partial charge in [-0.1, -0.05) is 168 Å². The number of hydrogen-bond acceptors (Lipinski definition) is 18. The van der Waals surface area contributed by atoms with Gasteiger partial charge in [0.05, 0.1) is 56.8 Å². The number of carboxylic acids is 1. The molecule has 16 atom stereocenters. The molecular formula is C57H105N3O19. The van der Waals surface area contributed by atoms with Gasteiger partial charge in [-0.15, -0.1) is 0 Å². The Bertz CT molecular complexity index is 1670. The molecule has 3 saturated heterocycles. The Hall–Kier alpha value is -2.68. The van der Waals surface area contributed by atoms with Crippen molar-refractivity contribution in [1.82, 2.24) is 16.0 Å². The fraction of sp³-hybridized carbons (Fsp3) is 0.930. The summed E-state index contributed by atoms with van der Waals surface area (Å²) in [5.74, 6) is -5.77. The highest BCUT2D eigenvalue weighted by Crippen LogP contribution is 2.36. The highest BCUT2D eigenvalue weighted by Gasteiger charge is 2.56.